The number of halogens is 1. The van der Waals surface area contributed by atoms with Crippen LogP contribution in [-0.2, 0) is 4.74 Å². The molecule has 1 aliphatic rings. The number of nitrogens with zero attached hydrogens (tertiary/aromatic N) is 4. The van der Waals surface area contributed by atoms with E-state index in [4.69, 9.17) is 26.1 Å². The number of fused-ring (bicyclic) bond motifs is 1. The van der Waals surface area contributed by atoms with Crippen molar-refractivity contribution in [2.75, 3.05) is 20.3 Å². The van der Waals surface area contributed by atoms with Crippen LogP contribution < -0.4 is 4.74 Å². The van der Waals surface area contributed by atoms with Gasteiger partial charge < -0.3 is 19.4 Å². The van der Waals surface area contributed by atoms with Gasteiger partial charge in [-0.15, -0.1) is 11.3 Å². The summed E-state index contributed by atoms with van der Waals surface area (Å²) in [4.78, 5) is 33.5. The van der Waals surface area contributed by atoms with E-state index in [9.17, 15) is 4.79 Å². The van der Waals surface area contributed by atoms with Gasteiger partial charge in [-0.25, -0.2) is 15.0 Å². The first-order valence-corrected chi connectivity index (χ1v) is 12.1. The van der Waals surface area contributed by atoms with Crippen molar-refractivity contribution in [3.05, 3.63) is 57.6 Å². The van der Waals surface area contributed by atoms with Crippen molar-refractivity contribution in [1.29, 1.82) is 0 Å². The van der Waals surface area contributed by atoms with Gasteiger partial charge in [0.1, 0.15) is 17.6 Å². The van der Waals surface area contributed by atoms with Gasteiger partial charge in [0.05, 0.1) is 40.7 Å². The summed E-state index contributed by atoms with van der Waals surface area (Å²) < 4.78 is 11.1. The van der Waals surface area contributed by atoms with Gasteiger partial charge in [-0.3, -0.25) is 4.79 Å². The number of morpholine rings is 1. The first-order chi connectivity index (χ1) is 16.4. The zero-order chi connectivity index (χ0) is 24.0. The zero-order valence-electron chi connectivity index (χ0n) is 19.3. The Hall–Kier alpha value is -3.01. The van der Waals surface area contributed by atoms with Crippen LogP contribution in [-0.4, -0.2) is 57.1 Å². The first-order valence-electron chi connectivity index (χ1n) is 10.9. The molecule has 0 bridgehead atoms. The number of hydrogen-bond acceptors (Lipinski definition) is 7. The molecular weight excluding hydrogens is 474 g/mol. The number of aromatic amines is 1. The molecule has 0 unspecified atom stereocenters. The van der Waals surface area contributed by atoms with E-state index in [1.807, 2.05) is 39.0 Å². The van der Waals surface area contributed by atoms with Crippen LogP contribution in [0.15, 0.2) is 30.5 Å². The van der Waals surface area contributed by atoms with Gasteiger partial charge in [0, 0.05) is 29.4 Å². The molecule has 4 aromatic rings. The van der Waals surface area contributed by atoms with Crippen molar-refractivity contribution in [2.24, 2.45) is 0 Å². The minimum atomic E-state index is -0.377. The predicted octanol–water partition coefficient (Wildman–Crippen LogP) is 4.96. The molecule has 1 amide bonds. The van der Waals surface area contributed by atoms with Gasteiger partial charge in [0.15, 0.2) is 0 Å². The second kappa shape index (κ2) is 8.98. The molecule has 2 atom stereocenters. The Morgan fingerprint density at radius 2 is 2.09 bits per heavy atom. The first kappa shape index (κ1) is 22.8. The van der Waals surface area contributed by atoms with Crippen molar-refractivity contribution >= 4 is 39.9 Å². The Balaban J connectivity index is 1.54. The number of H-pyrrole nitrogens is 1. The maximum Gasteiger partial charge on any atom is 0.274 e. The molecule has 1 aliphatic heterocycles. The number of imidazole rings is 1. The predicted molar refractivity (Wildman–Crippen MR) is 132 cm³/mol. The fraction of sp³-hybridized carbons (Fsp3) is 0.333. The number of carbonyl (C=O) groups is 1. The number of aryl methyl sites for hydroxylation is 2. The fourth-order valence-electron chi connectivity index (χ4n) is 4.16. The number of thiazole rings is 1. The zero-order valence-corrected chi connectivity index (χ0v) is 20.8. The normalized spacial score (nSPS) is 18.4. The molecule has 1 saturated heterocycles. The summed E-state index contributed by atoms with van der Waals surface area (Å²) in [6, 6.07) is 7.04. The Kier molecular flexibility index (Phi) is 6.01. The third-order valence-electron chi connectivity index (χ3n) is 5.95. The van der Waals surface area contributed by atoms with E-state index in [-0.39, 0.29) is 18.1 Å². The molecule has 5 rings (SSSR count). The summed E-state index contributed by atoms with van der Waals surface area (Å²) in [5.41, 5.74) is 3.79. The highest BCUT2D eigenvalue weighted by atomic mass is 35.5. The average molecular weight is 498 g/mol. The molecule has 0 saturated carbocycles. The minimum Gasteiger partial charge on any atom is -0.481 e. The third-order valence-corrected chi connectivity index (χ3v) is 7.38. The molecule has 0 aliphatic carbocycles. The molecule has 1 fully saturated rings. The van der Waals surface area contributed by atoms with Gasteiger partial charge in [0.25, 0.3) is 5.91 Å². The van der Waals surface area contributed by atoms with Crippen LogP contribution in [0.2, 0.25) is 5.02 Å². The second-order valence-corrected chi connectivity index (χ2v) is 9.92. The largest absolute Gasteiger partial charge is 0.481 e. The summed E-state index contributed by atoms with van der Waals surface area (Å²) in [5.74, 6) is 1.02. The molecule has 1 N–H and O–H groups in total. The van der Waals surface area contributed by atoms with Crippen molar-refractivity contribution in [3.63, 3.8) is 0 Å². The lowest BCUT2D eigenvalue weighted by Gasteiger charge is -2.37. The summed E-state index contributed by atoms with van der Waals surface area (Å²) in [6.45, 7) is 6.55. The number of hydrogen-bond donors (Lipinski definition) is 1. The van der Waals surface area contributed by atoms with Gasteiger partial charge in [-0.1, -0.05) is 11.6 Å². The van der Waals surface area contributed by atoms with E-state index in [1.54, 1.807) is 24.3 Å². The summed E-state index contributed by atoms with van der Waals surface area (Å²) in [6.07, 6.45) is 1.60. The molecule has 1 aromatic carbocycles. The Labute approximate surface area is 205 Å². The highest BCUT2D eigenvalue weighted by molar-refractivity contribution is 7.15. The number of methoxy groups -OCH3 is 1. The fourth-order valence-corrected chi connectivity index (χ4v) is 5.21. The number of carbonyl (C=O) groups excluding carboxylic acids is 1. The molecule has 3 aromatic heterocycles. The molecule has 0 spiro atoms. The maximum atomic E-state index is 13.9. The molecule has 176 valence electrons. The molecule has 0 radical (unpaired) electrons. The van der Waals surface area contributed by atoms with E-state index in [0.717, 1.165) is 32.0 Å². The number of pyridine rings is 1. The Morgan fingerprint density at radius 3 is 2.82 bits per heavy atom. The summed E-state index contributed by atoms with van der Waals surface area (Å²) >= 11 is 7.76. The number of amides is 1. The lowest BCUT2D eigenvalue weighted by Crippen LogP contribution is -2.47. The van der Waals surface area contributed by atoms with Crippen LogP contribution in [0.25, 0.3) is 21.5 Å². The number of ether oxygens (including phenoxy) is 2. The van der Waals surface area contributed by atoms with Gasteiger partial charge in [0.2, 0.25) is 5.88 Å². The van der Waals surface area contributed by atoms with E-state index >= 15 is 0 Å². The molecular formula is C24H24ClN5O3S. The van der Waals surface area contributed by atoms with Crippen LogP contribution in [0.4, 0.5) is 0 Å². The van der Waals surface area contributed by atoms with E-state index < -0.39 is 0 Å². The van der Waals surface area contributed by atoms with Crippen molar-refractivity contribution in [3.8, 4) is 16.3 Å². The Bertz CT molecular complexity index is 1370. The number of nitrogens with one attached hydrogen (secondary N) is 1. The SMILES string of the molecule is COc1ccc(-c2sc(C)nc2C(=O)N2C[C@H](C)OC[C@H]2c2nc3c(C)c(Cl)ccc3[nH]2)cn1. The smallest absolute Gasteiger partial charge is 0.274 e. The van der Waals surface area contributed by atoms with Crippen LogP contribution >= 0.6 is 22.9 Å². The highest BCUT2D eigenvalue weighted by Crippen LogP contribution is 2.35. The van der Waals surface area contributed by atoms with Crippen LogP contribution in [0, 0.1) is 13.8 Å². The summed E-state index contributed by atoms with van der Waals surface area (Å²) in [5, 5.41) is 1.46. The third kappa shape index (κ3) is 4.04. The standard InChI is InChI=1S/C24H24ClN5O3S/c1-12-10-30(18(11-33-12)23-28-17-7-6-16(25)13(2)20(17)29-23)24(31)21-22(34-14(3)27-21)15-5-8-19(32-4)26-9-15/h5-9,12,18H,10-11H2,1-4H3,(H,28,29)/t12-,18-/m0/s1. The number of benzene rings is 1. The minimum absolute atomic E-state index is 0.105. The molecule has 8 nitrogen and oxygen atoms in total. The monoisotopic (exact) mass is 497 g/mol. The van der Waals surface area contributed by atoms with Crippen LogP contribution in [0.3, 0.4) is 0 Å². The van der Waals surface area contributed by atoms with Crippen LogP contribution in [0.5, 0.6) is 5.88 Å². The summed E-state index contributed by atoms with van der Waals surface area (Å²) in [7, 11) is 1.57. The van der Waals surface area contributed by atoms with Gasteiger partial charge in [-0.05, 0) is 44.5 Å². The quantitative estimate of drug-likeness (QED) is 0.428. The lowest BCUT2D eigenvalue weighted by molar-refractivity contribution is -0.0468. The Morgan fingerprint density at radius 1 is 1.26 bits per heavy atom. The van der Waals surface area contributed by atoms with Crippen molar-refractivity contribution in [1.82, 2.24) is 24.8 Å². The molecule has 4 heterocycles. The topological polar surface area (TPSA) is 93.2 Å². The second-order valence-electron chi connectivity index (χ2n) is 8.31. The average Bonchev–Trinajstić information content (AvgIpc) is 3.45. The van der Waals surface area contributed by atoms with Crippen molar-refractivity contribution in [2.45, 2.75) is 32.9 Å². The van der Waals surface area contributed by atoms with E-state index in [0.29, 0.717) is 35.6 Å². The van der Waals surface area contributed by atoms with Crippen molar-refractivity contribution < 1.29 is 14.3 Å². The van der Waals surface area contributed by atoms with Gasteiger partial charge in [-0.2, -0.15) is 0 Å². The van der Waals surface area contributed by atoms with E-state index in [1.165, 1.54) is 11.3 Å². The molecule has 10 heteroatoms. The van der Waals surface area contributed by atoms with Crippen LogP contribution in [0.1, 0.15) is 39.8 Å². The highest BCUT2D eigenvalue weighted by Gasteiger charge is 2.36. The van der Waals surface area contributed by atoms with E-state index in [2.05, 4.69) is 15.0 Å². The lowest BCUT2D eigenvalue weighted by atomic mass is 10.1. The number of rotatable bonds is 4. The van der Waals surface area contributed by atoms with Gasteiger partial charge >= 0.3 is 0 Å². The maximum absolute atomic E-state index is 13.9. The number of aromatic nitrogens is 4. The molecule has 34 heavy (non-hydrogen) atoms.